The Morgan fingerprint density at radius 1 is 1.00 bits per heavy atom. The third kappa shape index (κ3) is 5.47. The van der Waals surface area contributed by atoms with Gasteiger partial charge in [-0.2, -0.15) is 39.9 Å². The van der Waals surface area contributed by atoms with Crippen molar-refractivity contribution in [3.05, 3.63) is 70.0 Å². The summed E-state index contributed by atoms with van der Waals surface area (Å²) in [5.41, 5.74) is -13.8. The minimum atomic E-state index is -6.28. The Morgan fingerprint density at radius 3 is 2.19 bits per heavy atom. The van der Waals surface area contributed by atoms with Crippen LogP contribution in [0.1, 0.15) is 15.9 Å². The van der Waals surface area contributed by atoms with Crippen LogP contribution in [0, 0.1) is 5.21 Å². The molecular formula is C20H9BrClF9N2O2S. The molecule has 0 aliphatic rings. The van der Waals surface area contributed by atoms with E-state index in [1.54, 1.807) is 0 Å². The molecule has 0 aliphatic heterocycles. The van der Waals surface area contributed by atoms with Crippen molar-refractivity contribution in [1.29, 1.82) is 0 Å². The lowest BCUT2D eigenvalue weighted by atomic mass is 9.95. The highest BCUT2D eigenvalue weighted by Gasteiger charge is 2.71. The number of anilines is 1. The molecule has 0 saturated carbocycles. The number of hydrogen-bond acceptors (Lipinski definition) is 3. The number of benzene rings is 2. The molecule has 1 unspecified atom stereocenters. The topological polar surface area (TPSA) is 56.0 Å². The number of rotatable bonds is 5. The van der Waals surface area contributed by atoms with Gasteiger partial charge in [0, 0.05) is 33.5 Å². The van der Waals surface area contributed by atoms with Gasteiger partial charge in [0.25, 0.3) is 5.91 Å². The summed E-state index contributed by atoms with van der Waals surface area (Å²) >= 11 is 5.97. The Labute approximate surface area is 213 Å². The van der Waals surface area contributed by atoms with Crippen LogP contribution in [0.15, 0.2) is 53.6 Å². The van der Waals surface area contributed by atoms with Crippen LogP contribution in [0.4, 0.5) is 45.2 Å². The number of amides is 1. The second-order valence-corrected chi connectivity index (χ2v) is 9.60. The van der Waals surface area contributed by atoms with Gasteiger partial charge in [-0.15, -0.1) is 0 Å². The van der Waals surface area contributed by atoms with Gasteiger partial charge in [-0.3, -0.25) is 4.79 Å². The van der Waals surface area contributed by atoms with E-state index in [4.69, 9.17) is 11.6 Å². The van der Waals surface area contributed by atoms with Gasteiger partial charge in [0.05, 0.1) is 10.7 Å². The number of nitrogens with zero attached hydrogens (tertiary/aromatic N) is 1. The first-order valence-corrected chi connectivity index (χ1v) is 11.2. The van der Waals surface area contributed by atoms with Crippen LogP contribution in [0.3, 0.4) is 0 Å². The summed E-state index contributed by atoms with van der Waals surface area (Å²) < 4.78 is 122. The van der Waals surface area contributed by atoms with E-state index in [1.807, 2.05) is 5.32 Å². The minimum absolute atomic E-state index is 0.00317. The van der Waals surface area contributed by atoms with Crippen LogP contribution in [0.5, 0.6) is 0 Å². The quantitative estimate of drug-likeness (QED) is 0.104. The van der Waals surface area contributed by atoms with Gasteiger partial charge in [-0.1, -0.05) is 11.6 Å². The first kappa shape index (κ1) is 28.2. The highest BCUT2D eigenvalue weighted by atomic mass is 79.9. The number of alkyl halides is 10. The first-order chi connectivity index (χ1) is 16.3. The van der Waals surface area contributed by atoms with Crippen LogP contribution in [-0.2, 0) is 5.67 Å². The molecule has 0 fully saturated rings. The van der Waals surface area contributed by atoms with Crippen LogP contribution in [0.25, 0.3) is 10.9 Å². The number of aromatic nitrogens is 1. The lowest BCUT2D eigenvalue weighted by Gasteiger charge is -2.32. The Kier molecular flexibility index (Phi) is 7.43. The molecule has 1 aromatic heterocycles. The van der Waals surface area contributed by atoms with Gasteiger partial charge in [-0.05, 0) is 58.0 Å². The lowest BCUT2D eigenvalue weighted by molar-refractivity contribution is -0.577. The maximum absolute atomic E-state index is 14.8. The smallest absolute Gasteiger partial charge is 0.446 e. The predicted octanol–water partition coefficient (Wildman–Crippen LogP) is 7.71. The number of hydrogen-bond donors (Lipinski definition) is 1. The van der Waals surface area contributed by atoms with Gasteiger partial charge < -0.3 is 10.5 Å². The Morgan fingerprint density at radius 2 is 1.64 bits per heavy atom. The van der Waals surface area contributed by atoms with Gasteiger partial charge in [0.2, 0.25) is 5.52 Å². The fourth-order valence-electron chi connectivity index (χ4n) is 3.10. The van der Waals surface area contributed by atoms with Crippen molar-refractivity contribution in [2.75, 3.05) is 5.32 Å². The number of carbonyl (C=O) groups excluding carboxylic acids is 1. The Hall–Kier alpha value is -2.39. The molecule has 3 rings (SSSR count). The Balaban J connectivity index is 2.14. The Bertz CT molecular complexity index is 1320. The first-order valence-electron chi connectivity index (χ1n) is 9.20. The van der Waals surface area contributed by atoms with Gasteiger partial charge in [0.1, 0.15) is 0 Å². The lowest BCUT2D eigenvalue weighted by Crippen LogP contribution is -2.49. The van der Waals surface area contributed by atoms with Crippen molar-refractivity contribution in [3.63, 3.8) is 0 Å². The predicted molar refractivity (Wildman–Crippen MR) is 117 cm³/mol. The summed E-state index contributed by atoms with van der Waals surface area (Å²) in [4.78, 5) is 6.10. The summed E-state index contributed by atoms with van der Waals surface area (Å²) in [6.07, 6.45) is -5.17. The number of fused-ring (bicyclic) bond motifs is 1. The van der Waals surface area contributed by atoms with E-state index in [1.165, 1.54) is 40.2 Å². The summed E-state index contributed by atoms with van der Waals surface area (Å²) in [5.74, 6) is -1.15. The van der Waals surface area contributed by atoms with E-state index < -0.39 is 61.0 Å². The van der Waals surface area contributed by atoms with Crippen LogP contribution in [0.2, 0.25) is 5.02 Å². The third-order valence-corrected chi connectivity index (χ3v) is 6.34. The zero-order valence-electron chi connectivity index (χ0n) is 16.9. The van der Waals surface area contributed by atoms with E-state index in [-0.39, 0.29) is 23.2 Å². The maximum atomic E-state index is 14.8. The molecule has 16 heteroatoms. The molecule has 1 atom stereocenters. The fraction of sp³-hybridized carbons (Fsp3) is 0.200. The van der Waals surface area contributed by atoms with Gasteiger partial charge >= 0.3 is 22.2 Å². The number of carbonyl (C=O) groups is 1. The van der Waals surface area contributed by atoms with Crippen LogP contribution in [-0.4, -0.2) is 22.4 Å². The third-order valence-electron chi connectivity index (χ3n) is 4.72. The number of pyridine rings is 1. The summed E-state index contributed by atoms with van der Waals surface area (Å²) in [6, 6.07) is 6.46. The molecule has 194 valence electrons. The van der Waals surface area contributed by atoms with E-state index >= 15 is 0 Å². The molecule has 0 radical (unpaired) electrons. The molecule has 0 bridgehead atoms. The van der Waals surface area contributed by atoms with Crippen molar-refractivity contribution >= 4 is 61.8 Å². The van der Waals surface area contributed by atoms with E-state index in [9.17, 15) is 49.5 Å². The monoisotopic (exact) mass is 626 g/mol. The van der Waals surface area contributed by atoms with E-state index in [0.717, 1.165) is 12.3 Å². The highest BCUT2D eigenvalue weighted by molar-refractivity contribution is 9.10. The van der Waals surface area contributed by atoms with Crippen molar-refractivity contribution in [2.45, 2.75) is 27.1 Å². The second kappa shape index (κ2) is 9.49. The van der Waals surface area contributed by atoms with Crippen molar-refractivity contribution in [3.8, 4) is 0 Å². The van der Waals surface area contributed by atoms with Crippen molar-refractivity contribution in [1.82, 2.24) is 0 Å². The zero-order valence-corrected chi connectivity index (χ0v) is 20.1. The minimum Gasteiger partial charge on any atom is -0.618 e. The number of halogens is 11. The molecule has 0 spiro atoms. The largest absolute Gasteiger partial charge is 0.618 e. The van der Waals surface area contributed by atoms with Crippen LogP contribution < -0.4 is 10.0 Å². The van der Waals surface area contributed by atoms with Gasteiger partial charge in [-0.25, -0.2) is 4.39 Å². The summed E-state index contributed by atoms with van der Waals surface area (Å²) in [5, 5.41) is 13.2. The number of nitrogens with one attached hydrogen (secondary N) is 1. The molecule has 4 nitrogen and oxygen atoms in total. The molecule has 1 N–H and O–H groups in total. The summed E-state index contributed by atoms with van der Waals surface area (Å²) in [6.45, 7) is 0. The zero-order chi connectivity index (χ0) is 27.3. The molecule has 36 heavy (non-hydrogen) atoms. The van der Waals surface area contributed by atoms with Crippen molar-refractivity contribution in [2.24, 2.45) is 0 Å². The van der Waals surface area contributed by atoms with E-state index in [0.29, 0.717) is 10.1 Å². The standard InChI is InChI=1S/C20H9BrClF9N2O2S/c21-18(24,25)17(23,19(26,27)28)11-7-12(22)15(14(8-11)36-20(29,30)31)32-16(34)10-4-3-9-2-1-5-33(35)13(9)6-10/h1-8H,(H,32,34). The molecule has 0 saturated heterocycles. The fourth-order valence-corrected chi connectivity index (χ4v) is 4.58. The molecule has 3 aromatic rings. The SMILES string of the molecule is O=C(Nc1c(Cl)cc(C(F)(C(F)(F)F)C(F)(F)Br)cc1SC(F)(F)F)c1ccc2ccc[n+]([O-])c2c1. The average Bonchev–Trinajstić information content (AvgIpc) is 2.72. The molecule has 1 amide bonds. The van der Waals surface area contributed by atoms with Crippen molar-refractivity contribution < 1.29 is 49.0 Å². The molecule has 1 heterocycles. The van der Waals surface area contributed by atoms with Crippen LogP contribution >= 0.6 is 39.3 Å². The number of thioether (sulfide) groups is 1. The highest BCUT2D eigenvalue weighted by Crippen LogP contribution is 2.57. The van der Waals surface area contributed by atoms with E-state index in [2.05, 4.69) is 0 Å². The normalized spacial score (nSPS) is 14.5. The summed E-state index contributed by atoms with van der Waals surface area (Å²) in [7, 11) is 0. The molecule has 0 aliphatic carbocycles. The molecular weight excluding hydrogens is 619 g/mol. The second-order valence-electron chi connectivity index (χ2n) is 7.09. The van der Waals surface area contributed by atoms with Gasteiger partial charge in [0.15, 0.2) is 6.20 Å². The average molecular weight is 628 g/mol. The maximum Gasteiger partial charge on any atom is 0.446 e. The molecule has 2 aromatic carbocycles.